The second-order valence-electron chi connectivity index (χ2n) is 6.21. The molecule has 118 valence electrons. The first-order chi connectivity index (χ1) is 11.6. The second-order valence-corrected chi connectivity index (χ2v) is 6.21. The van der Waals surface area contributed by atoms with Gasteiger partial charge in [0, 0.05) is 5.69 Å². The van der Waals surface area contributed by atoms with Gasteiger partial charge in [0.15, 0.2) is 5.65 Å². The summed E-state index contributed by atoms with van der Waals surface area (Å²) in [5.41, 5.74) is 7.56. The van der Waals surface area contributed by atoms with Crippen molar-refractivity contribution in [2.45, 2.75) is 20.8 Å². The minimum absolute atomic E-state index is 0.912. The highest BCUT2D eigenvalue weighted by atomic mass is 15.3. The molecule has 0 N–H and O–H groups in total. The Bertz CT molecular complexity index is 1010. The molecule has 2 heterocycles. The van der Waals surface area contributed by atoms with Crippen LogP contribution in [0.1, 0.15) is 17.0 Å². The van der Waals surface area contributed by atoms with Gasteiger partial charge in [-0.25, -0.2) is 9.67 Å². The van der Waals surface area contributed by atoms with Gasteiger partial charge in [0.25, 0.3) is 0 Å². The van der Waals surface area contributed by atoms with E-state index in [4.69, 9.17) is 10.1 Å². The maximum absolute atomic E-state index is 4.78. The van der Waals surface area contributed by atoms with Crippen LogP contribution in [0.2, 0.25) is 0 Å². The summed E-state index contributed by atoms with van der Waals surface area (Å²) in [6.45, 7) is 6.18. The van der Waals surface area contributed by atoms with Gasteiger partial charge in [-0.3, -0.25) is 0 Å². The highest BCUT2D eigenvalue weighted by molar-refractivity contribution is 5.95. The van der Waals surface area contributed by atoms with Crippen LogP contribution in [0.25, 0.3) is 27.8 Å². The highest BCUT2D eigenvalue weighted by Crippen LogP contribution is 2.31. The molecule has 0 aliphatic carbocycles. The molecule has 0 radical (unpaired) electrons. The normalized spacial score (nSPS) is 11.1. The fourth-order valence-corrected chi connectivity index (χ4v) is 3.13. The summed E-state index contributed by atoms with van der Waals surface area (Å²) in [7, 11) is 0. The molecule has 0 amide bonds. The van der Waals surface area contributed by atoms with E-state index in [2.05, 4.69) is 68.4 Å². The van der Waals surface area contributed by atoms with Crippen LogP contribution >= 0.6 is 0 Å². The quantitative estimate of drug-likeness (QED) is 0.520. The Hall–Kier alpha value is -2.94. The molecule has 0 atom stereocenters. The molecule has 3 heteroatoms. The first kappa shape index (κ1) is 14.6. The molecular formula is C21H19N3. The van der Waals surface area contributed by atoms with E-state index in [9.17, 15) is 0 Å². The summed E-state index contributed by atoms with van der Waals surface area (Å²) >= 11 is 0. The van der Waals surface area contributed by atoms with Crippen LogP contribution in [0, 0.1) is 20.8 Å². The lowest BCUT2D eigenvalue weighted by atomic mass is 10.0. The van der Waals surface area contributed by atoms with Gasteiger partial charge >= 0.3 is 0 Å². The van der Waals surface area contributed by atoms with Crippen molar-refractivity contribution in [3.05, 3.63) is 77.6 Å². The molecule has 0 unspecified atom stereocenters. The number of hydrogen-bond donors (Lipinski definition) is 0. The molecule has 24 heavy (non-hydrogen) atoms. The number of rotatable bonds is 2. The van der Waals surface area contributed by atoms with Gasteiger partial charge in [0.2, 0.25) is 0 Å². The predicted molar refractivity (Wildman–Crippen MR) is 98.5 cm³/mol. The van der Waals surface area contributed by atoms with Gasteiger partial charge in [0.1, 0.15) is 0 Å². The largest absolute Gasteiger partial charge is 0.233 e. The standard InChI is InChI=1S/C21H19N3/c1-14-9-11-18(12-10-14)24-21-20(16(3)23-24)19(13-15(2)22-21)17-7-5-4-6-8-17/h4-13H,1-3H3. The Morgan fingerprint density at radius 3 is 2.25 bits per heavy atom. The Labute approximate surface area is 141 Å². The summed E-state index contributed by atoms with van der Waals surface area (Å²) in [5.74, 6) is 0. The minimum Gasteiger partial charge on any atom is -0.233 e. The van der Waals surface area contributed by atoms with E-state index in [1.165, 1.54) is 16.7 Å². The molecule has 0 fully saturated rings. The van der Waals surface area contributed by atoms with Crippen LogP contribution in [-0.2, 0) is 0 Å². The van der Waals surface area contributed by atoms with Crippen LogP contribution in [0.5, 0.6) is 0 Å². The Kier molecular flexibility index (Phi) is 3.42. The molecule has 3 nitrogen and oxygen atoms in total. The summed E-state index contributed by atoms with van der Waals surface area (Å²) in [5, 5.41) is 5.89. The predicted octanol–water partition coefficient (Wildman–Crippen LogP) is 5.01. The highest BCUT2D eigenvalue weighted by Gasteiger charge is 2.16. The van der Waals surface area contributed by atoms with E-state index in [0.717, 1.165) is 28.1 Å². The van der Waals surface area contributed by atoms with Gasteiger partial charge in [-0.05, 0) is 50.1 Å². The lowest BCUT2D eigenvalue weighted by molar-refractivity contribution is 0.875. The lowest BCUT2D eigenvalue weighted by Crippen LogP contribution is -1.98. The number of pyridine rings is 1. The number of nitrogens with zero attached hydrogens (tertiary/aromatic N) is 3. The zero-order valence-corrected chi connectivity index (χ0v) is 14.1. The van der Waals surface area contributed by atoms with Crippen molar-refractivity contribution in [2.75, 3.05) is 0 Å². The fourth-order valence-electron chi connectivity index (χ4n) is 3.13. The molecule has 2 aromatic carbocycles. The van der Waals surface area contributed by atoms with E-state index < -0.39 is 0 Å². The monoisotopic (exact) mass is 313 g/mol. The molecule has 0 saturated carbocycles. The Balaban J connectivity index is 2.03. The van der Waals surface area contributed by atoms with Crippen molar-refractivity contribution in [3.8, 4) is 16.8 Å². The molecule has 0 spiro atoms. The van der Waals surface area contributed by atoms with Crippen LogP contribution in [0.4, 0.5) is 0 Å². The average Bonchev–Trinajstić information content (AvgIpc) is 2.92. The van der Waals surface area contributed by atoms with Crippen molar-refractivity contribution in [3.63, 3.8) is 0 Å². The van der Waals surface area contributed by atoms with Gasteiger partial charge < -0.3 is 0 Å². The third-order valence-corrected chi connectivity index (χ3v) is 4.30. The van der Waals surface area contributed by atoms with Crippen molar-refractivity contribution in [2.24, 2.45) is 0 Å². The van der Waals surface area contributed by atoms with Crippen LogP contribution in [0.15, 0.2) is 60.7 Å². The van der Waals surface area contributed by atoms with E-state index in [-0.39, 0.29) is 0 Å². The number of aromatic nitrogens is 3. The van der Waals surface area contributed by atoms with Gasteiger partial charge in [-0.2, -0.15) is 5.10 Å². The smallest absolute Gasteiger partial charge is 0.164 e. The average molecular weight is 313 g/mol. The third kappa shape index (κ3) is 2.38. The Morgan fingerprint density at radius 1 is 0.833 bits per heavy atom. The number of benzene rings is 2. The van der Waals surface area contributed by atoms with Crippen molar-refractivity contribution in [1.29, 1.82) is 0 Å². The molecule has 0 bridgehead atoms. The van der Waals surface area contributed by atoms with E-state index in [1.54, 1.807) is 0 Å². The molecule has 2 aromatic heterocycles. The van der Waals surface area contributed by atoms with Crippen LogP contribution in [-0.4, -0.2) is 14.8 Å². The topological polar surface area (TPSA) is 30.7 Å². The van der Waals surface area contributed by atoms with Gasteiger partial charge in [-0.1, -0.05) is 48.0 Å². The third-order valence-electron chi connectivity index (χ3n) is 4.30. The second kappa shape index (κ2) is 5.60. The summed E-state index contributed by atoms with van der Waals surface area (Å²) in [6, 6.07) is 21.0. The van der Waals surface area contributed by atoms with Gasteiger partial charge in [0.05, 0.1) is 16.8 Å². The molecule has 0 aliphatic rings. The van der Waals surface area contributed by atoms with E-state index >= 15 is 0 Å². The van der Waals surface area contributed by atoms with E-state index in [0.29, 0.717) is 0 Å². The number of fused-ring (bicyclic) bond motifs is 1. The summed E-state index contributed by atoms with van der Waals surface area (Å²) in [6.07, 6.45) is 0. The maximum atomic E-state index is 4.78. The zero-order valence-electron chi connectivity index (χ0n) is 14.1. The summed E-state index contributed by atoms with van der Waals surface area (Å²) in [4.78, 5) is 4.78. The minimum atomic E-state index is 0.912. The molecule has 4 rings (SSSR count). The molecule has 0 aliphatic heterocycles. The van der Waals surface area contributed by atoms with Gasteiger partial charge in [-0.15, -0.1) is 0 Å². The van der Waals surface area contributed by atoms with Crippen LogP contribution < -0.4 is 0 Å². The first-order valence-electron chi connectivity index (χ1n) is 8.13. The number of hydrogen-bond acceptors (Lipinski definition) is 2. The SMILES string of the molecule is Cc1ccc(-n2nc(C)c3c(-c4ccccc4)cc(C)nc32)cc1. The fraction of sp³-hybridized carbons (Fsp3) is 0.143. The first-order valence-corrected chi connectivity index (χ1v) is 8.13. The zero-order chi connectivity index (χ0) is 16.7. The number of aryl methyl sites for hydroxylation is 3. The van der Waals surface area contributed by atoms with E-state index in [1.807, 2.05) is 17.7 Å². The lowest BCUT2D eigenvalue weighted by Gasteiger charge is -2.07. The summed E-state index contributed by atoms with van der Waals surface area (Å²) < 4.78 is 1.95. The van der Waals surface area contributed by atoms with Crippen molar-refractivity contribution in [1.82, 2.24) is 14.8 Å². The molecule has 4 aromatic rings. The van der Waals surface area contributed by atoms with Crippen molar-refractivity contribution < 1.29 is 0 Å². The van der Waals surface area contributed by atoms with Crippen molar-refractivity contribution >= 4 is 11.0 Å². The molecule has 0 saturated heterocycles. The maximum Gasteiger partial charge on any atom is 0.164 e. The molecular weight excluding hydrogens is 294 g/mol. The Morgan fingerprint density at radius 2 is 1.54 bits per heavy atom. The van der Waals surface area contributed by atoms with Crippen LogP contribution in [0.3, 0.4) is 0 Å².